The molecule has 2 atom stereocenters. The highest BCUT2D eigenvalue weighted by Gasteiger charge is 2.52. The summed E-state index contributed by atoms with van der Waals surface area (Å²) in [5.74, 6) is 0. The summed E-state index contributed by atoms with van der Waals surface area (Å²) < 4.78 is 16.1. The fraction of sp³-hybridized carbons (Fsp3) is 0.733. The average Bonchev–Trinajstić information content (AvgIpc) is 2.90. The van der Waals surface area contributed by atoms with Gasteiger partial charge in [0.25, 0.3) is 0 Å². The van der Waals surface area contributed by atoms with E-state index in [1.807, 2.05) is 18.3 Å². The predicted octanol–water partition coefficient (Wildman–Crippen LogP) is 2.43. The topological polar surface area (TPSA) is 34.2 Å². The zero-order valence-corrected chi connectivity index (χ0v) is 12.1. The van der Waals surface area contributed by atoms with Gasteiger partial charge in [-0.2, -0.15) is 0 Å². The Morgan fingerprint density at radius 2 is 1.95 bits per heavy atom. The summed E-state index contributed by atoms with van der Waals surface area (Å²) in [6.45, 7) is 8.70. The SMILES string of the molecule is CC(C)(C)N1CCC2(CC1)c1cccn1C(F)[C@H]2N. The van der Waals surface area contributed by atoms with Gasteiger partial charge in [-0.1, -0.05) is 0 Å². The summed E-state index contributed by atoms with van der Waals surface area (Å²) in [5, 5.41) is 0. The summed E-state index contributed by atoms with van der Waals surface area (Å²) in [6, 6.07) is 3.59. The lowest BCUT2D eigenvalue weighted by atomic mass is 9.71. The zero-order valence-electron chi connectivity index (χ0n) is 12.1. The first kappa shape index (κ1) is 13.1. The van der Waals surface area contributed by atoms with Crippen LogP contribution >= 0.6 is 0 Å². The van der Waals surface area contributed by atoms with Gasteiger partial charge in [0.2, 0.25) is 0 Å². The van der Waals surface area contributed by atoms with E-state index in [1.165, 1.54) is 0 Å². The molecule has 3 heterocycles. The molecule has 0 saturated carbocycles. The van der Waals surface area contributed by atoms with E-state index in [2.05, 4.69) is 25.7 Å². The number of piperidine rings is 1. The van der Waals surface area contributed by atoms with E-state index in [0.29, 0.717) is 0 Å². The number of fused-ring (bicyclic) bond motifs is 2. The lowest BCUT2D eigenvalue weighted by Gasteiger charge is -2.46. The van der Waals surface area contributed by atoms with Crippen molar-refractivity contribution in [1.29, 1.82) is 0 Å². The molecule has 19 heavy (non-hydrogen) atoms. The quantitative estimate of drug-likeness (QED) is 0.782. The third-order valence-corrected chi connectivity index (χ3v) is 5.09. The van der Waals surface area contributed by atoms with Crippen molar-refractivity contribution in [3.05, 3.63) is 24.0 Å². The highest BCUT2D eigenvalue weighted by atomic mass is 19.1. The number of nitrogens with zero attached hydrogens (tertiary/aromatic N) is 2. The van der Waals surface area contributed by atoms with Crippen LogP contribution in [0.5, 0.6) is 0 Å². The molecule has 1 aromatic heterocycles. The molecule has 2 N–H and O–H groups in total. The third-order valence-electron chi connectivity index (χ3n) is 5.09. The molecular weight excluding hydrogens is 241 g/mol. The van der Waals surface area contributed by atoms with Crippen LogP contribution in [0.2, 0.25) is 0 Å². The van der Waals surface area contributed by atoms with E-state index in [9.17, 15) is 4.39 Å². The van der Waals surface area contributed by atoms with Crippen LogP contribution < -0.4 is 5.73 Å². The first-order chi connectivity index (χ1) is 8.86. The van der Waals surface area contributed by atoms with Crippen LogP contribution in [0.4, 0.5) is 4.39 Å². The molecule has 1 spiro atoms. The Hall–Kier alpha value is -0.870. The fourth-order valence-corrected chi connectivity index (χ4v) is 3.80. The molecular formula is C15H24FN3. The molecule has 1 saturated heterocycles. The van der Waals surface area contributed by atoms with Crippen LogP contribution in [0.15, 0.2) is 18.3 Å². The highest BCUT2D eigenvalue weighted by Crippen LogP contribution is 2.48. The Morgan fingerprint density at radius 1 is 1.32 bits per heavy atom. The number of hydrogen-bond acceptors (Lipinski definition) is 2. The van der Waals surface area contributed by atoms with Crippen LogP contribution in [0, 0.1) is 0 Å². The van der Waals surface area contributed by atoms with Crippen LogP contribution in [-0.4, -0.2) is 34.1 Å². The standard InChI is InChI=1S/C15H24FN3/c1-14(2,3)18-9-6-15(7-10-18)11-5-4-8-19(11)13(16)12(15)17/h4-5,8,12-13H,6-7,9-10,17H2,1-3H3/t12-,13?/m1/s1. The molecule has 0 aliphatic carbocycles. The Kier molecular flexibility index (Phi) is 2.81. The maximum atomic E-state index is 14.3. The number of aromatic nitrogens is 1. The molecule has 3 rings (SSSR count). The molecule has 0 radical (unpaired) electrons. The molecule has 0 bridgehead atoms. The molecule has 1 aromatic rings. The van der Waals surface area contributed by atoms with Crippen molar-refractivity contribution in [2.24, 2.45) is 5.73 Å². The molecule has 0 aromatic carbocycles. The number of halogens is 1. The summed E-state index contributed by atoms with van der Waals surface area (Å²) in [4.78, 5) is 2.48. The van der Waals surface area contributed by atoms with Gasteiger partial charge >= 0.3 is 0 Å². The van der Waals surface area contributed by atoms with Crippen LogP contribution in [0.3, 0.4) is 0 Å². The zero-order chi connectivity index (χ0) is 13.8. The largest absolute Gasteiger partial charge is 0.323 e. The van der Waals surface area contributed by atoms with Crippen molar-refractivity contribution in [3.63, 3.8) is 0 Å². The van der Waals surface area contributed by atoms with E-state index in [-0.39, 0.29) is 11.0 Å². The van der Waals surface area contributed by atoms with Crippen molar-refractivity contribution in [2.45, 2.75) is 56.9 Å². The summed E-state index contributed by atoms with van der Waals surface area (Å²) in [6.07, 6.45) is 2.67. The molecule has 0 amide bonds. The van der Waals surface area contributed by atoms with Crippen molar-refractivity contribution >= 4 is 0 Å². The van der Waals surface area contributed by atoms with Crippen LogP contribution in [0.25, 0.3) is 0 Å². The first-order valence-corrected chi connectivity index (χ1v) is 7.18. The summed E-state index contributed by atoms with van der Waals surface area (Å²) in [5.41, 5.74) is 7.34. The van der Waals surface area contributed by atoms with E-state index in [1.54, 1.807) is 4.57 Å². The molecule has 1 unspecified atom stereocenters. The second-order valence-corrected chi connectivity index (χ2v) is 7.01. The first-order valence-electron chi connectivity index (χ1n) is 7.18. The van der Waals surface area contributed by atoms with Crippen LogP contribution in [0.1, 0.15) is 45.6 Å². The van der Waals surface area contributed by atoms with Crippen molar-refractivity contribution in [2.75, 3.05) is 13.1 Å². The normalized spacial score (nSPS) is 30.8. The van der Waals surface area contributed by atoms with Gasteiger partial charge in [-0.15, -0.1) is 0 Å². The average molecular weight is 265 g/mol. The monoisotopic (exact) mass is 265 g/mol. The summed E-state index contributed by atoms with van der Waals surface area (Å²) >= 11 is 0. The third kappa shape index (κ3) is 1.77. The van der Waals surface area contributed by atoms with Gasteiger partial charge in [0.1, 0.15) is 0 Å². The Labute approximate surface area is 114 Å². The molecule has 106 valence electrons. The Balaban J connectivity index is 1.88. The summed E-state index contributed by atoms with van der Waals surface area (Å²) in [7, 11) is 0. The van der Waals surface area contributed by atoms with Gasteiger partial charge in [-0.25, -0.2) is 4.39 Å². The van der Waals surface area contributed by atoms with Crippen molar-refractivity contribution < 1.29 is 4.39 Å². The van der Waals surface area contributed by atoms with E-state index in [4.69, 9.17) is 5.73 Å². The van der Waals surface area contributed by atoms with E-state index < -0.39 is 12.3 Å². The van der Waals surface area contributed by atoms with Crippen molar-refractivity contribution in [1.82, 2.24) is 9.47 Å². The Morgan fingerprint density at radius 3 is 2.53 bits per heavy atom. The number of nitrogens with two attached hydrogens (primary N) is 1. The number of alkyl halides is 1. The minimum atomic E-state index is -1.06. The van der Waals surface area contributed by atoms with Gasteiger partial charge in [0.05, 0.1) is 6.04 Å². The second-order valence-electron chi connectivity index (χ2n) is 7.01. The minimum Gasteiger partial charge on any atom is -0.323 e. The van der Waals surface area contributed by atoms with Crippen LogP contribution in [-0.2, 0) is 5.41 Å². The molecule has 2 aliphatic heterocycles. The van der Waals surface area contributed by atoms with Gasteiger partial charge < -0.3 is 10.3 Å². The second kappa shape index (κ2) is 4.06. The number of hydrogen-bond donors (Lipinski definition) is 1. The van der Waals surface area contributed by atoms with Gasteiger partial charge in [0, 0.05) is 22.8 Å². The molecule has 4 heteroatoms. The molecule has 3 nitrogen and oxygen atoms in total. The number of likely N-dealkylation sites (tertiary alicyclic amines) is 1. The van der Waals surface area contributed by atoms with E-state index in [0.717, 1.165) is 31.6 Å². The van der Waals surface area contributed by atoms with E-state index >= 15 is 0 Å². The van der Waals surface area contributed by atoms with Gasteiger partial charge in [-0.05, 0) is 58.8 Å². The molecule has 2 aliphatic rings. The van der Waals surface area contributed by atoms with Gasteiger partial charge in [-0.3, -0.25) is 4.90 Å². The smallest absolute Gasteiger partial charge is 0.192 e. The maximum absolute atomic E-state index is 14.3. The molecule has 1 fully saturated rings. The maximum Gasteiger partial charge on any atom is 0.192 e. The predicted molar refractivity (Wildman–Crippen MR) is 74.8 cm³/mol. The lowest BCUT2D eigenvalue weighted by molar-refractivity contribution is 0.0583. The fourth-order valence-electron chi connectivity index (χ4n) is 3.80. The van der Waals surface area contributed by atoms with Gasteiger partial charge in [0.15, 0.2) is 6.30 Å². The lowest BCUT2D eigenvalue weighted by Crippen LogP contribution is -2.55. The van der Waals surface area contributed by atoms with Crippen molar-refractivity contribution in [3.8, 4) is 0 Å². The highest BCUT2D eigenvalue weighted by molar-refractivity contribution is 5.30. The number of rotatable bonds is 0. The minimum absolute atomic E-state index is 0.162. The Bertz CT molecular complexity index is 466.